The van der Waals surface area contributed by atoms with Crippen molar-refractivity contribution >= 4 is 35.6 Å². The molecule has 2 rings (SSSR count). The molecule has 0 bridgehead atoms. The zero-order valence-electron chi connectivity index (χ0n) is 9.63. The molecule has 0 unspecified atom stereocenters. The monoisotopic (exact) mass is 274 g/mol. The van der Waals surface area contributed by atoms with E-state index in [1.807, 2.05) is 13.0 Å². The van der Waals surface area contributed by atoms with E-state index in [9.17, 15) is 4.79 Å². The van der Waals surface area contributed by atoms with Crippen LogP contribution in [0.15, 0.2) is 18.2 Å². The number of halogens is 2. The van der Waals surface area contributed by atoms with Crippen LogP contribution in [0.25, 0.3) is 0 Å². The molecule has 1 aromatic carbocycles. The average Bonchev–Trinajstić information content (AvgIpc) is 2.18. The molecule has 1 aliphatic carbocycles. The van der Waals surface area contributed by atoms with Crippen molar-refractivity contribution in [1.29, 1.82) is 0 Å². The second kappa shape index (κ2) is 5.25. The normalized spacial score (nSPS) is 16.6. The highest BCUT2D eigenvalue weighted by Gasteiger charge is 2.40. The first kappa shape index (κ1) is 14.3. The molecule has 1 aliphatic rings. The van der Waals surface area contributed by atoms with Gasteiger partial charge in [0.15, 0.2) is 0 Å². The van der Waals surface area contributed by atoms with E-state index in [-0.39, 0.29) is 18.3 Å². The highest BCUT2D eigenvalue weighted by Crippen LogP contribution is 2.31. The number of carbonyl (C=O) groups is 1. The van der Waals surface area contributed by atoms with Crippen LogP contribution < -0.4 is 11.1 Å². The Labute approximate surface area is 112 Å². The Morgan fingerprint density at radius 1 is 1.47 bits per heavy atom. The van der Waals surface area contributed by atoms with Crippen molar-refractivity contribution in [3.05, 3.63) is 28.8 Å². The molecule has 1 fully saturated rings. The quantitative estimate of drug-likeness (QED) is 0.872. The molecule has 0 radical (unpaired) electrons. The summed E-state index contributed by atoms with van der Waals surface area (Å²) in [5, 5.41) is 3.53. The standard InChI is InChI=1S/C12H15ClN2O.ClH/c1-8-7-9(13)3-4-10(8)15-11(16)12(14)5-2-6-12;/h3-4,7H,2,5-6,14H2,1H3,(H,15,16);1H. The summed E-state index contributed by atoms with van der Waals surface area (Å²) in [6.45, 7) is 1.91. The lowest BCUT2D eigenvalue weighted by atomic mass is 9.77. The maximum absolute atomic E-state index is 11.9. The highest BCUT2D eigenvalue weighted by atomic mass is 35.5. The van der Waals surface area contributed by atoms with E-state index in [2.05, 4.69) is 5.32 Å². The molecular formula is C12H16Cl2N2O. The van der Waals surface area contributed by atoms with Crippen LogP contribution in [0.1, 0.15) is 24.8 Å². The summed E-state index contributed by atoms with van der Waals surface area (Å²) in [6.07, 6.45) is 2.57. The van der Waals surface area contributed by atoms with Gasteiger partial charge in [-0.05, 0) is 49.9 Å². The largest absolute Gasteiger partial charge is 0.324 e. The van der Waals surface area contributed by atoms with Gasteiger partial charge in [0, 0.05) is 10.7 Å². The number of benzene rings is 1. The molecule has 17 heavy (non-hydrogen) atoms. The van der Waals surface area contributed by atoms with Crippen molar-refractivity contribution in [3.63, 3.8) is 0 Å². The molecule has 3 nitrogen and oxygen atoms in total. The van der Waals surface area contributed by atoms with Crippen LogP contribution in [0.4, 0.5) is 5.69 Å². The molecule has 0 aliphatic heterocycles. The van der Waals surface area contributed by atoms with Crippen molar-refractivity contribution < 1.29 is 4.79 Å². The maximum atomic E-state index is 11.9. The summed E-state index contributed by atoms with van der Waals surface area (Å²) in [7, 11) is 0. The van der Waals surface area contributed by atoms with Crippen molar-refractivity contribution in [1.82, 2.24) is 0 Å². The lowest BCUT2D eigenvalue weighted by Gasteiger charge is -2.36. The Balaban J connectivity index is 0.00000144. The van der Waals surface area contributed by atoms with Crippen molar-refractivity contribution in [2.24, 2.45) is 5.73 Å². The molecule has 94 valence electrons. The summed E-state index contributed by atoms with van der Waals surface area (Å²) in [6, 6.07) is 5.38. The van der Waals surface area contributed by atoms with Crippen LogP contribution in [0, 0.1) is 6.92 Å². The van der Waals surface area contributed by atoms with E-state index in [1.54, 1.807) is 12.1 Å². The van der Waals surface area contributed by atoms with E-state index in [1.165, 1.54) is 0 Å². The van der Waals surface area contributed by atoms with Crippen LogP contribution in [-0.4, -0.2) is 11.4 Å². The summed E-state index contributed by atoms with van der Waals surface area (Å²) in [5.41, 5.74) is 7.01. The van der Waals surface area contributed by atoms with Crippen LogP contribution in [0.2, 0.25) is 5.02 Å². The van der Waals surface area contributed by atoms with Gasteiger partial charge in [-0.25, -0.2) is 0 Å². The van der Waals surface area contributed by atoms with Gasteiger partial charge in [0.1, 0.15) is 0 Å². The fourth-order valence-electron chi connectivity index (χ4n) is 1.80. The number of nitrogens with two attached hydrogens (primary N) is 1. The number of rotatable bonds is 2. The van der Waals surface area contributed by atoms with Crippen molar-refractivity contribution in [2.45, 2.75) is 31.7 Å². The first-order chi connectivity index (χ1) is 7.51. The van der Waals surface area contributed by atoms with Crippen LogP contribution >= 0.6 is 24.0 Å². The van der Waals surface area contributed by atoms with E-state index in [4.69, 9.17) is 17.3 Å². The Morgan fingerprint density at radius 2 is 2.12 bits per heavy atom. The molecule has 1 saturated carbocycles. The number of nitrogens with one attached hydrogen (secondary N) is 1. The van der Waals surface area contributed by atoms with Crippen LogP contribution in [0.5, 0.6) is 0 Å². The lowest BCUT2D eigenvalue weighted by molar-refractivity contribution is -0.123. The van der Waals surface area contributed by atoms with E-state index < -0.39 is 5.54 Å². The predicted molar refractivity (Wildman–Crippen MR) is 72.8 cm³/mol. The minimum Gasteiger partial charge on any atom is -0.324 e. The van der Waals surface area contributed by atoms with Gasteiger partial charge < -0.3 is 11.1 Å². The summed E-state index contributed by atoms with van der Waals surface area (Å²) >= 11 is 5.84. The molecule has 0 heterocycles. The Bertz CT molecular complexity index is 431. The van der Waals surface area contributed by atoms with Gasteiger partial charge in [-0.1, -0.05) is 11.6 Å². The first-order valence-corrected chi connectivity index (χ1v) is 5.75. The molecule has 0 atom stereocenters. The maximum Gasteiger partial charge on any atom is 0.244 e. The molecule has 5 heteroatoms. The Kier molecular flexibility index (Phi) is 4.42. The van der Waals surface area contributed by atoms with Gasteiger partial charge in [0.25, 0.3) is 0 Å². The molecule has 1 aromatic rings. The number of carbonyl (C=O) groups excluding carboxylic acids is 1. The molecular weight excluding hydrogens is 259 g/mol. The van der Waals surface area contributed by atoms with Crippen molar-refractivity contribution in [3.8, 4) is 0 Å². The SMILES string of the molecule is Cc1cc(Cl)ccc1NC(=O)C1(N)CCC1.Cl. The molecule has 0 aromatic heterocycles. The number of hydrogen-bond acceptors (Lipinski definition) is 2. The van der Waals surface area contributed by atoms with Gasteiger partial charge in [0.05, 0.1) is 5.54 Å². The smallest absolute Gasteiger partial charge is 0.244 e. The van der Waals surface area contributed by atoms with E-state index >= 15 is 0 Å². The second-order valence-electron chi connectivity index (χ2n) is 4.42. The minimum atomic E-state index is -0.661. The number of aryl methyl sites for hydroxylation is 1. The van der Waals surface area contributed by atoms with Gasteiger partial charge in [0.2, 0.25) is 5.91 Å². The predicted octanol–water partition coefficient (Wildman–Crippen LogP) is 2.89. The van der Waals surface area contributed by atoms with Crippen LogP contribution in [0.3, 0.4) is 0 Å². The Morgan fingerprint density at radius 3 is 2.59 bits per heavy atom. The summed E-state index contributed by atoms with van der Waals surface area (Å²) < 4.78 is 0. The fourth-order valence-corrected chi connectivity index (χ4v) is 2.03. The van der Waals surface area contributed by atoms with E-state index in [0.29, 0.717) is 5.02 Å². The zero-order valence-corrected chi connectivity index (χ0v) is 11.2. The fraction of sp³-hybridized carbons (Fsp3) is 0.417. The van der Waals surface area contributed by atoms with Gasteiger partial charge in [-0.3, -0.25) is 4.79 Å². The van der Waals surface area contributed by atoms with Gasteiger partial charge in [-0.2, -0.15) is 0 Å². The third-order valence-corrected chi connectivity index (χ3v) is 3.37. The Hall–Kier alpha value is -0.770. The third kappa shape index (κ3) is 2.92. The summed E-state index contributed by atoms with van der Waals surface area (Å²) in [5.74, 6) is -0.0934. The molecule has 3 N–H and O–H groups in total. The van der Waals surface area contributed by atoms with Gasteiger partial charge >= 0.3 is 0 Å². The topological polar surface area (TPSA) is 55.1 Å². The van der Waals surface area contributed by atoms with Crippen LogP contribution in [-0.2, 0) is 4.79 Å². The van der Waals surface area contributed by atoms with Gasteiger partial charge in [-0.15, -0.1) is 12.4 Å². The molecule has 1 amide bonds. The highest BCUT2D eigenvalue weighted by molar-refractivity contribution is 6.30. The molecule has 0 saturated heterocycles. The zero-order chi connectivity index (χ0) is 11.8. The summed E-state index contributed by atoms with van der Waals surface area (Å²) in [4.78, 5) is 11.9. The number of anilines is 1. The minimum absolute atomic E-state index is 0. The number of hydrogen-bond donors (Lipinski definition) is 2. The number of amides is 1. The second-order valence-corrected chi connectivity index (χ2v) is 4.86. The molecule has 0 spiro atoms. The van der Waals surface area contributed by atoms with E-state index in [0.717, 1.165) is 30.5 Å². The lowest BCUT2D eigenvalue weighted by Crippen LogP contribution is -2.56. The van der Waals surface area contributed by atoms with Crippen molar-refractivity contribution in [2.75, 3.05) is 5.32 Å². The third-order valence-electron chi connectivity index (χ3n) is 3.13. The average molecular weight is 275 g/mol. The first-order valence-electron chi connectivity index (χ1n) is 5.38.